The molecule has 0 aliphatic carbocycles. The monoisotopic (exact) mass is 345 g/mol. The first-order valence-corrected chi connectivity index (χ1v) is 7.90. The van der Waals surface area contributed by atoms with Gasteiger partial charge >= 0.3 is 6.01 Å². The Morgan fingerprint density at radius 1 is 1.26 bits per heavy atom. The highest BCUT2D eigenvalue weighted by Crippen LogP contribution is 2.27. The van der Waals surface area contributed by atoms with Gasteiger partial charge in [-0.25, -0.2) is 15.0 Å². The standard InChI is InChI=1S/C15H12ClN5OS/c1-9-13(23-14(20-9)11-4-3-5-17-6-11)10(2)21-22-15-18-7-12(16)8-19-15/h3-8H,1-2H3/b21-10+. The quantitative estimate of drug-likeness (QED) is 0.531. The molecule has 3 rings (SSSR count). The van der Waals surface area contributed by atoms with Crippen molar-refractivity contribution in [2.24, 2.45) is 5.16 Å². The van der Waals surface area contributed by atoms with E-state index in [9.17, 15) is 0 Å². The summed E-state index contributed by atoms with van der Waals surface area (Å²) in [4.78, 5) is 22.7. The van der Waals surface area contributed by atoms with Crippen LogP contribution in [-0.4, -0.2) is 25.6 Å². The van der Waals surface area contributed by atoms with Crippen molar-refractivity contribution in [1.29, 1.82) is 0 Å². The Balaban J connectivity index is 1.82. The predicted octanol–water partition coefficient (Wildman–Crippen LogP) is 3.76. The molecule has 3 aromatic heterocycles. The lowest BCUT2D eigenvalue weighted by Crippen LogP contribution is -1.99. The first-order valence-electron chi connectivity index (χ1n) is 6.71. The van der Waals surface area contributed by atoms with Gasteiger partial charge in [-0.15, -0.1) is 11.3 Å². The minimum atomic E-state index is 0.142. The van der Waals surface area contributed by atoms with Crippen molar-refractivity contribution in [1.82, 2.24) is 19.9 Å². The zero-order valence-electron chi connectivity index (χ0n) is 12.4. The lowest BCUT2D eigenvalue weighted by Gasteiger charge is -1.98. The number of hydrogen-bond acceptors (Lipinski definition) is 7. The maximum atomic E-state index is 5.72. The average Bonchev–Trinajstić information content (AvgIpc) is 2.97. The number of hydrogen-bond donors (Lipinski definition) is 0. The van der Waals surface area contributed by atoms with Gasteiger partial charge in [0.05, 0.1) is 33.7 Å². The Kier molecular flexibility index (Phi) is 4.59. The molecule has 0 saturated heterocycles. The lowest BCUT2D eigenvalue weighted by atomic mass is 10.3. The van der Waals surface area contributed by atoms with E-state index in [0.717, 1.165) is 21.1 Å². The molecule has 0 fully saturated rings. The molecule has 0 spiro atoms. The number of rotatable bonds is 4. The number of oxime groups is 1. The normalized spacial score (nSPS) is 11.5. The van der Waals surface area contributed by atoms with Crippen molar-refractivity contribution in [3.8, 4) is 16.6 Å². The molecule has 23 heavy (non-hydrogen) atoms. The van der Waals surface area contributed by atoms with Crippen LogP contribution >= 0.6 is 22.9 Å². The highest BCUT2D eigenvalue weighted by Gasteiger charge is 2.12. The predicted molar refractivity (Wildman–Crippen MR) is 90.0 cm³/mol. The number of nitrogens with zero attached hydrogens (tertiary/aromatic N) is 5. The fraction of sp³-hybridized carbons (Fsp3) is 0.133. The molecule has 0 N–H and O–H groups in total. The Labute approximate surface area is 141 Å². The summed E-state index contributed by atoms with van der Waals surface area (Å²) in [5.74, 6) is 0. The van der Waals surface area contributed by atoms with Crippen LogP contribution in [0, 0.1) is 6.92 Å². The summed E-state index contributed by atoms with van der Waals surface area (Å²) in [6, 6.07) is 4.00. The molecule has 3 aromatic rings. The summed E-state index contributed by atoms with van der Waals surface area (Å²) >= 11 is 7.26. The van der Waals surface area contributed by atoms with Crippen molar-refractivity contribution >= 4 is 28.6 Å². The van der Waals surface area contributed by atoms with Gasteiger partial charge in [0.25, 0.3) is 0 Å². The van der Waals surface area contributed by atoms with Gasteiger partial charge in [0.1, 0.15) is 5.01 Å². The van der Waals surface area contributed by atoms with Gasteiger partial charge in [0.2, 0.25) is 0 Å². The van der Waals surface area contributed by atoms with E-state index in [-0.39, 0.29) is 6.01 Å². The molecule has 0 unspecified atom stereocenters. The molecule has 0 amide bonds. The highest BCUT2D eigenvalue weighted by molar-refractivity contribution is 7.17. The fourth-order valence-electron chi connectivity index (χ4n) is 1.84. The largest absolute Gasteiger partial charge is 0.345 e. The van der Waals surface area contributed by atoms with Crippen LogP contribution < -0.4 is 4.84 Å². The SMILES string of the molecule is C/C(=N\Oc1ncc(Cl)cn1)c1sc(-c2cccnc2)nc1C. The van der Waals surface area contributed by atoms with Crippen LogP contribution in [0.15, 0.2) is 42.1 Å². The van der Waals surface area contributed by atoms with E-state index in [2.05, 4.69) is 25.1 Å². The van der Waals surface area contributed by atoms with Crippen LogP contribution in [0.3, 0.4) is 0 Å². The summed E-state index contributed by atoms with van der Waals surface area (Å²) in [5.41, 5.74) is 2.56. The van der Waals surface area contributed by atoms with Gasteiger partial charge in [-0.2, -0.15) is 0 Å². The van der Waals surface area contributed by atoms with Crippen molar-refractivity contribution < 1.29 is 4.84 Å². The molecule has 116 valence electrons. The van der Waals surface area contributed by atoms with Crippen LogP contribution in [0.5, 0.6) is 6.01 Å². The van der Waals surface area contributed by atoms with E-state index in [0.29, 0.717) is 10.7 Å². The van der Waals surface area contributed by atoms with Crippen LogP contribution in [0.1, 0.15) is 17.5 Å². The Hall–Kier alpha value is -2.38. The molecule has 0 aromatic carbocycles. The highest BCUT2D eigenvalue weighted by atomic mass is 35.5. The number of pyridine rings is 1. The first kappa shape index (κ1) is 15.5. The second-order valence-corrected chi connectivity index (χ2v) is 6.06. The smallest absolute Gasteiger partial charge is 0.315 e. The number of aromatic nitrogens is 4. The second kappa shape index (κ2) is 6.80. The van der Waals surface area contributed by atoms with E-state index >= 15 is 0 Å². The summed E-state index contributed by atoms with van der Waals surface area (Å²) in [6.07, 6.45) is 6.42. The van der Waals surface area contributed by atoms with E-state index in [1.807, 2.05) is 26.0 Å². The summed E-state index contributed by atoms with van der Waals surface area (Å²) in [5, 5.41) is 5.40. The third-order valence-electron chi connectivity index (χ3n) is 2.89. The van der Waals surface area contributed by atoms with Crippen molar-refractivity contribution in [2.45, 2.75) is 13.8 Å². The van der Waals surface area contributed by atoms with Crippen molar-refractivity contribution in [3.63, 3.8) is 0 Å². The Bertz CT molecular complexity index is 833. The third-order valence-corrected chi connectivity index (χ3v) is 4.41. The van der Waals surface area contributed by atoms with E-state index in [1.165, 1.54) is 23.7 Å². The minimum Gasteiger partial charge on any atom is -0.315 e. The maximum Gasteiger partial charge on any atom is 0.345 e. The summed E-state index contributed by atoms with van der Waals surface area (Å²) in [6.45, 7) is 3.78. The van der Waals surface area contributed by atoms with Crippen LogP contribution in [0.25, 0.3) is 10.6 Å². The Morgan fingerprint density at radius 3 is 2.74 bits per heavy atom. The van der Waals surface area contributed by atoms with Gasteiger partial charge < -0.3 is 4.84 Å². The molecule has 0 aliphatic rings. The molecule has 0 atom stereocenters. The lowest BCUT2D eigenvalue weighted by molar-refractivity contribution is 0.312. The summed E-state index contributed by atoms with van der Waals surface area (Å²) in [7, 11) is 0. The van der Waals surface area contributed by atoms with E-state index in [4.69, 9.17) is 16.4 Å². The molecule has 6 nitrogen and oxygen atoms in total. The van der Waals surface area contributed by atoms with Crippen molar-refractivity contribution in [3.05, 3.63) is 52.5 Å². The molecule has 0 saturated carbocycles. The van der Waals surface area contributed by atoms with Crippen LogP contribution in [-0.2, 0) is 0 Å². The molecule has 0 radical (unpaired) electrons. The van der Waals surface area contributed by atoms with E-state index < -0.39 is 0 Å². The van der Waals surface area contributed by atoms with Gasteiger partial charge in [0, 0.05) is 18.0 Å². The first-order chi connectivity index (χ1) is 11.1. The van der Waals surface area contributed by atoms with Gasteiger partial charge in [-0.05, 0) is 26.0 Å². The molecule has 3 heterocycles. The van der Waals surface area contributed by atoms with Gasteiger partial charge in [-0.3, -0.25) is 4.98 Å². The number of thiazole rings is 1. The topological polar surface area (TPSA) is 73.2 Å². The molecular weight excluding hydrogens is 334 g/mol. The molecular formula is C15H12ClN5OS. The molecule has 0 aliphatic heterocycles. The minimum absolute atomic E-state index is 0.142. The van der Waals surface area contributed by atoms with Crippen LogP contribution in [0.4, 0.5) is 0 Å². The van der Waals surface area contributed by atoms with Gasteiger partial charge in [-0.1, -0.05) is 16.8 Å². The summed E-state index contributed by atoms with van der Waals surface area (Å²) < 4.78 is 0. The molecule has 0 bridgehead atoms. The van der Waals surface area contributed by atoms with Gasteiger partial charge in [0.15, 0.2) is 0 Å². The fourth-order valence-corrected chi connectivity index (χ4v) is 2.93. The Morgan fingerprint density at radius 2 is 2.04 bits per heavy atom. The maximum absolute atomic E-state index is 5.72. The zero-order valence-corrected chi connectivity index (χ0v) is 14.0. The van der Waals surface area contributed by atoms with Crippen LogP contribution in [0.2, 0.25) is 5.02 Å². The zero-order chi connectivity index (χ0) is 16.2. The number of aryl methyl sites for hydroxylation is 1. The van der Waals surface area contributed by atoms with Crippen molar-refractivity contribution in [2.75, 3.05) is 0 Å². The average molecular weight is 346 g/mol. The molecule has 8 heteroatoms. The third kappa shape index (κ3) is 3.69. The van der Waals surface area contributed by atoms with E-state index in [1.54, 1.807) is 12.4 Å². The number of halogens is 1. The second-order valence-electron chi connectivity index (χ2n) is 4.63.